The fourth-order valence-electron chi connectivity index (χ4n) is 2.52. The van der Waals surface area contributed by atoms with Gasteiger partial charge in [-0.15, -0.1) is 0 Å². The summed E-state index contributed by atoms with van der Waals surface area (Å²) in [5.41, 5.74) is 1.11. The fourth-order valence-corrected chi connectivity index (χ4v) is 5.27. The predicted octanol–water partition coefficient (Wildman–Crippen LogP) is 2.48. The number of hydrogen-bond donors (Lipinski definition) is 1. The molecule has 0 bridgehead atoms. The molecule has 118 valence electrons. The van der Waals surface area contributed by atoms with Crippen LogP contribution >= 0.6 is 11.8 Å². The molecule has 0 aromatic heterocycles. The third kappa shape index (κ3) is 3.80. The van der Waals surface area contributed by atoms with Crippen LogP contribution in [0.15, 0.2) is 29.2 Å². The number of thioether (sulfide) groups is 1. The second kappa shape index (κ2) is 7.13. The van der Waals surface area contributed by atoms with E-state index in [2.05, 4.69) is 19.2 Å². The zero-order chi connectivity index (χ0) is 15.5. The highest BCUT2D eigenvalue weighted by Crippen LogP contribution is 2.26. The lowest BCUT2D eigenvalue weighted by atomic mass is 10.1. The van der Waals surface area contributed by atoms with Crippen molar-refractivity contribution in [1.29, 1.82) is 0 Å². The van der Waals surface area contributed by atoms with Gasteiger partial charge in [-0.3, -0.25) is 0 Å². The van der Waals surface area contributed by atoms with E-state index in [-0.39, 0.29) is 12.1 Å². The lowest BCUT2D eigenvalue weighted by Gasteiger charge is -2.23. The standard InChI is InChI=1S/C15H24N2O2S2/c1-4-16-12(2)13-5-7-15(8-6-13)21(18,19)17(3)14-9-10-20-11-14/h5-8,12,14,16H,4,9-11H2,1-3H3. The van der Waals surface area contributed by atoms with Gasteiger partial charge in [0.15, 0.2) is 0 Å². The van der Waals surface area contributed by atoms with Gasteiger partial charge in [0.1, 0.15) is 0 Å². The minimum absolute atomic E-state index is 0.125. The molecule has 2 unspecified atom stereocenters. The maximum Gasteiger partial charge on any atom is 0.243 e. The van der Waals surface area contributed by atoms with Crippen molar-refractivity contribution < 1.29 is 8.42 Å². The minimum Gasteiger partial charge on any atom is -0.310 e. The van der Waals surface area contributed by atoms with Crippen molar-refractivity contribution in [2.24, 2.45) is 0 Å². The first kappa shape index (κ1) is 16.8. The Balaban J connectivity index is 2.16. The SMILES string of the molecule is CCNC(C)c1ccc(S(=O)(=O)N(C)C2CCSC2)cc1. The molecule has 2 atom stereocenters. The molecule has 0 radical (unpaired) electrons. The Morgan fingerprint density at radius 3 is 2.57 bits per heavy atom. The van der Waals surface area contributed by atoms with Crippen LogP contribution in [-0.2, 0) is 10.0 Å². The quantitative estimate of drug-likeness (QED) is 0.871. The maximum atomic E-state index is 12.6. The van der Waals surface area contributed by atoms with Crippen molar-refractivity contribution in [3.63, 3.8) is 0 Å². The van der Waals surface area contributed by atoms with Crippen molar-refractivity contribution >= 4 is 21.8 Å². The van der Waals surface area contributed by atoms with Gasteiger partial charge in [0.2, 0.25) is 10.0 Å². The van der Waals surface area contributed by atoms with Crippen LogP contribution in [0.2, 0.25) is 0 Å². The van der Waals surface area contributed by atoms with E-state index in [0.717, 1.165) is 30.0 Å². The third-order valence-corrected chi connectivity index (χ3v) is 7.06. The monoisotopic (exact) mass is 328 g/mol. The summed E-state index contributed by atoms with van der Waals surface area (Å²) in [5.74, 6) is 1.94. The molecule has 21 heavy (non-hydrogen) atoms. The number of nitrogens with zero attached hydrogens (tertiary/aromatic N) is 1. The number of nitrogens with one attached hydrogen (secondary N) is 1. The molecule has 1 heterocycles. The van der Waals surface area contributed by atoms with E-state index in [0.29, 0.717) is 4.90 Å². The summed E-state index contributed by atoms with van der Waals surface area (Å²) in [4.78, 5) is 0.384. The fraction of sp³-hybridized carbons (Fsp3) is 0.600. The highest BCUT2D eigenvalue weighted by atomic mass is 32.2. The van der Waals surface area contributed by atoms with Crippen molar-refractivity contribution in [1.82, 2.24) is 9.62 Å². The summed E-state index contributed by atoms with van der Waals surface area (Å²) >= 11 is 1.82. The number of benzene rings is 1. The molecular formula is C15H24N2O2S2. The van der Waals surface area contributed by atoms with Gasteiger partial charge in [-0.25, -0.2) is 8.42 Å². The average molecular weight is 329 g/mol. The molecule has 1 fully saturated rings. The largest absolute Gasteiger partial charge is 0.310 e. The summed E-state index contributed by atoms with van der Waals surface area (Å²) in [6, 6.07) is 7.60. The van der Waals surface area contributed by atoms with E-state index < -0.39 is 10.0 Å². The Labute approximate surface area is 132 Å². The highest BCUT2D eigenvalue weighted by molar-refractivity contribution is 7.99. The zero-order valence-corrected chi connectivity index (χ0v) is 14.5. The second-order valence-corrected chi connectivity index (χ2v) is 8.53. The van der Waals surface area contributed by atoms with Crippen LogP contribution in [0.25, 0.3) is 0 Å². The van der Waals surface area contributed by atoms with Gasteiger partial charge in [0.25, 0.3) is 0 Å². The topological polar surface area (TPSA) is 49.4 Å². The van der Waals surface area contributed by atoms with Gasteiger partial charge in [-0.1, -0.05) is 19.1 Å². The molecule has 1 aromatic rings. The summed E-state index contributed by atoms with van der Waals surface area (Å²) in [6.45, 7) is 5.03. The number of sulfonamides is 1. The first-order valence-corrected chi connectivity index (χ1v) is 9.95. The van der Waals surface area contributed by atoms with Gasteiger partial charge in [-0.2, -0.15) is 16.1 Å². The molecule has 1 aromatic carbocycles. The lowest BCUT2D eigenvalue weighted by Crippen LogP contribution is -2.36. The molecule has 1 aliphatic heterocycles. The van der Waals surface area contributed by atoms with E-state index >= 15 is 0 Å². The Morgan fingerprint density at radius 1 is 1.38 bits per heavy atom. The van der Waals surface area contributed by atoms with Gasteiger partial charge in [0, 0.05) is 24.9 Å². The van der Waals surface area contributed by atoms with Crippen LogP contribution in [0.1, 0.15) is 31.9 Å². The Morgan fingerprint density at radius 2 is 2.05 bits per heavy atom. The molecule has 6 heteroatoms. The lowest BCUT2D eigenvalue weighted by molar-refractivity contribution is 0.394. The Kier molecular flexibility index (Phi) is 5.71. The van der Waals surface area contributed by atoms with Crippen molar-refractivity contribution in [3.8, 4) is 0 Å². The molecule has 1 aliphatic rings. The summed E-state index contributed by atoms with van der Waals surface area (Å²) < 4.78 is 26.8. The van der Waals surface area contributed by atoms with E-state index in [9.17, 15) is 8.42 Å². The zero-order valence-electron chi connectivity index (χ0n) is 12.9. The van der Waals surface area contributed by atoms with Gasteiger partial charge in [-0.05, 0) is 43.3 Å². The molecule has 1 saturated heterocycles. The van der Waals surface area contributed by atoms with Crippen LogP contribution in [0, 0.1) is 0 Å². The highest BCUT2D eigenvalue weighted by Gasteiger charge is 2.30. The molecule has 0 aliphatic carbocycles. The maximum absolute atomic E-state index is 12.6. The van der Waals surface area contributed by atoms with Crippen molar-refractivity contribution in [2.45, 2.75) is 37.2 Å². The van der Waals surface area contributed by atoms with Gasteiger partial charge < -0.3 is 5.32 Å². The molecule has 2 rings (SSSR count). The molecule has 4 nitrogen and oxygen atoms in total. The van der Waals surface area contributed by atoms with Gasteiger partial charge in [0.05, 0.1) is 4.90 Å². The molecular weight excluding hydrogens is 304 g/mol. The van der Waals surface area contributed by atoms with E-state index in [1.807, 2.05) is 23.9 Å². The van der Waals surface area contributed by atoms with Crippen LogP contribution in [0.5, 0.6) is 0 Å². The van der Waals surface area contributed by atoms with E-state index in [1.165, 1.54) is 4.31 Å². The van der Waals surface area contributed by atoms with Crippen LogP contribution in [0.3, 0.4) is 0 Å². The Bertz CT molecular complexity index is 552. The molecule has 0 amide bonds. The predicted molar refractivity (Wildman–Crippen MR) is 89.2 cm³/mol. The first-order valence-electron chi connectivity index (χ1n) is 7.36. The van der Waals surface area contributed by atoms with Crippen molar-refractivity contribution in [2.75, 3.05) is 25.1 Å². The van der Waals surface area contributed by atoms with E-state index in [4.69, 9.17) is 0 Å². The van der Waals surface area contributed by atoms with E-state index in [1.54, 1.807) is 19.2 Å². The van der Waals surface area contributed by atoms with Crippen LogP contribution in [0.4, 0.5) is 0 Å². The third-order valence-electron chi connectivity index (χ3n) is 3.99. The Hall–Kier alpha value is -0.560. The molecule has 0 spiro atoms. The molecule has 0 saturated carbocycles. The normalized spacial score (nSPS) is 20.9. The van der Waals surface area contributed by atoms with Crippen LogP contribution in [-0.4, -0.2) is 43.9 Å². The number of rotatable bonds is 6. The van der Waals surface area contributed by atoms with Crippen LogP contribution < -0.4 is 5.32 Å². The smallest absolute Gasteiger partial charge is 0.243 e. The second-order valence-electron chi connectivity index (χ2n) is 5.39. The molecule has 1 N–H and O–H groups in total. The summed E-state index contributed by atoms with van der Waals surface area (Å²) in [7, 11) is -1.68. The van der Waals surface area contributed by atoms with Gasteiger partial charge >= 0.3 is 0 Å². The number of hydrogen-bond acceptors (Lipinski definition) is 4. The first-order chi connectivity index (χ1) is 9.96. The minimum atomic E-state index is -3.38. The summed E-state index contributed by atoms with van der Waals surface area (Å²) in [6.07, 6.45) is 0.940. The summed E-state index contributed by atoms with van der Waals surface area (Å²) in [5, 5.41) is 3.32. The average Bonchev–Trinajstić information content (AvgIpc) is 3.01. The van der Waals surface area contributed by atoms with Crippen molar-refractivity contribution in [3.05, 3.63) is 29.8 Å².